The van der Waals surface area contributed by atoms with Crippen LogP contribution in [0.15, 0.2) is 42.5 Å². The maximum Gasteiger partial charge on any atom is 0.242 e. The summed E-state index contributed by atoms with van der Waals surface area (Å²) in [4.78, 5) is 27.8. The third kappa shape index (κ3) is 7.03. The Morgan fingerprint density at radius 2 is 1.63 bits per heavy atom. The lowest BCUT2D eigenvalue weighted by Crippen LogP contribution is -2.50. The van der Waals surface area contributed by atoms with Crippen LogP contribution >= 0.6 is 23.2 Å². The molecule has 0 saturated heterocycles. The van der Waals surface area contributed by atoms with Crippen molar-refractivity contribution < 1.29 is 9.59 Å². The molecule has 0 saturated carbocycles. The molecule has 0 fully saturated rings. The highest BCUT2D eigenvalue weighted by Crippen LogP contribution is 2.23. The molecule has 30 heavy (non-hydrogen) atoms. The van der Waals surface area contributed by atoms with Gasteiger partial charge in [0.15, 0.2) is 0 Å². The lowest BCUT2D eigenvalue weighted by Gasteiger charge is -2.31. The van der Waals surface area contributed by atoms with Gasteiger partial charge < -0.3 is 10.2 Å². The maximum absolute atomic E-state index is 13.3. The smallest absolute Gasteiger partial charge is 0.242 e. The zero-order valence-corrected chi connectivity index (χ0v) is 19.6. The summed E-state index contributed by atoms with van der Waals surface area (Å²) in [5.41, 5.74) is 2.90. The lowest BCUT2D eigenvalue weighted by atomic mass is 10.1. The van der Waals surface area contributed by atoms with Gasteiger partial charge in [-0.05, 0) is 42.5 Å². The number of hydrogen-bond acceptors (Lipinski definition) is 2. The number of halogens is 2. The van der Waals surface area contributed by atoms with Crippen LogP contribution < -0.4 is 5.32 Å². The molecule has 0 spiro atoms. The summed E-state index contributed by atoms with van der Waals surface area (Å²) in [6.45, 7) is 8.98. The number of benzene rings is 2. The van der Waals surface area contributed by atoms with Gasteiger partial charge in [-0.15, -0.1) is 0 Å². The average molecular weight is 449 g/mol. The molecule has 0 aromatic heterocycles. The predicted molar refractivity (Wildman–Crippen MR) is 124 cm³/mol. The van der Waals surface area contributed by atoms with Gasteiger partial charge in [-0.1, -0.05) is 79.9 Å². The van der Waals surface area contributed by atoms with E-state index in [1.807, 2.05) is 52.0 Å². The Labute approximate surface area is 189 Å². The molecular formula is C24H30Cl2N2O2. The fraction of sp³-hybridized carbons (Fsp3) is 0.417. The number of rotatable bonds is 9. The van der Waals surface area contributed by atoms with Crippen molar-refractivity contribution in [1.29, 1.82) is 0 Å². The Morgan fingerprint density at radius 1 is 1.00 bits per heavy atom. The first-order valence-corrected chi connectivity index (χ1v) is 11.0. The molecule has 2 amide bonds. The van der Waals surface area contributed by atoms with Crippen molar-refractivity contribution in [2.45, 2.75) is 53.1 Å². The standard InChI is InChI=1S/C24H30Cl2N2O2/c1-5-22(24(30)27-14-16(2)3)28(15-18-8-6-17(4)7-9-18)23(29)13-19-10-11-20(25)21(26)12-19/h6-12,16,22H,5,13-15H2,1-4H3,(H,27,30)/t22-/m0/s1. The van der Waals surface area contributed by atoms with Gasteiger partial charge in [-0.3, -0.25) is 9.59 Å². The first-order chi connectivity index (χ1) is 14.2. The molecule has 0 aliphatic carbocycles. The molecule has 162 valence electrons. The summed E-state index contributed by atoms with van der Waals surface area (Å²) < 4.78 is 0. The summed E-state index contributed by atoms with van der Waals surface area (Å²) in [6, 6.07) is 12.6. The van der Waals surface area contributed by atoms with E-state index >= 15 is 0 Å². The average Bonchev–Trinajstić information content (AvgIpc) is 2.70. The van der Waals surface area contributed by atoms with Crippen LogP contribution in [0.1, 0.15) is 43.9 Å². The number of carbonyl (C=O) groups excluding carboxylic acids is 2. The highest BCUT2D eigenvalue weighted by molar-refractivity contribution is 6.42. The minimum atomic E-state index is -0.541. The van der Waals surface area contributed by atoms with Crippen molar-refractivity contribution in [3.05, 3.63) is 69.2 Å². The van der Waals surface area contributed by atoms with Gasteiger partial charge in [-0.25, -0.2) is 0 Å². The Hall–Kier alpha value is -2.04. The second-order valence-electron chi connectivity index (χ2n) is 8.00. The molecule has 6 heteroatoms. The quantitative estimate of drug-likeness (QED) is 0.556. The van der Waals surface area contributed by atoms with Crippen molar-refractivity contribution in [3.8, 4) is 0 Å². The second-order valence-corrected chi connectivity index (χ2v) is 8.81. The highest BCUT2D eigenvalue weighted by atomic mass is 35.5. The van der Waals surface area contributed by atoms with Crippen molar-refractivity contribution in [2.75, 3.05) is 6.54 Å². The molecule has 2 aromatic rings. The van der Waals surface area contributed by atoms with Gasteiger partial charge in [0.25, 0.3) is 0 Å². The van der Waals surface area contributed by atoms with Crippen molar-refractivity contribution in [1.82, 2.24) is 10.2 Å². The zero-order valence-electron chi connectivity index (χ0n) is 18.0. The van der Waals surface area contributed by atoms with E-state index in [0.717, 1.165) is 16.7 Å². The van der Waals surface area contributed by atoms with Gasteiger partial charge in [0.2, 0.25) is 11.8 Å². The van der Waals surface area contributed by atoms with Crippen LogP contribution in [0.2, 0.25) is 10.0 Å². The summed E-state index contributed by atoms with van der Waals surface area (Å²) in [6.07, 6.45) is 0.680. The third-order valence-corrected chi connectivity index (χ3v) is 5.62. The maximum atomic E-state index is 13.3. The molecule has 4 nitrogen and oxygen atoms in total. The van der Waals surface area contributed by atoms with E-state index in [2.05, 4.69) is 5.32 Å². The summed E-state index contributed by atoms with van der Waals surface area (Å²) in [5.74, 6) is 0.0882. The monoisotopic (exact) mass is 448 g/mol. The van der Waals surface area contributed by atoms with E-state index in [0.29, 0.717) is 35.5 Å². The molecule has 0 unspecified atom stereocenters. The number of aryl methyl sites for hydroxylation is 1. The van der Waals surface area contributed by atoms with Crippen LogP contribution in [0.3, 0.4) is 0 Å². The van der Waals surface area contributed by atoms with Crippen LogP contribution in [0.5, 0.6) is 0 Å². The number of carbonyl (C=O) groups is 2. The summed E-state index contributed by atoms with van der Waals surface area (Å²) >= 11 is 12.1. The van der Waals surface area contributed by atoms with Crippen molar-refractivity contribution in [2.24, 2.45) is 5.92 Å². The van der Waals surface area contributed by atoms with Gasteiger partial charge in [0.05, 0.1) is 16.5 Å². The molecule has 0 aliphatic heterocycles. The van der Waals surface area contributed by atoms with E-state index in [1.54, 1.807) is 23.1 Å². The Bertz CT molecular complexity index is 866. The number of amides is 2. The van der Waals surface area contributed by atoms with Crippen LogP contribution in [-0.2, 0) is 22.6 Å². The minimum absolute atomic E-state index is 0.124. The van der Waals surface area contributed by atoms with Crippen molar-refractivity contribution in [3.63, 3.8) is 0 Å². The van der Waals surface area contributed by atoms with Gasteiger partial charge in [0.1, 0.15) is 6.04 Å². The van der Waals surface area contributed by atoms with Crippen LogP contribution in [-0.4, -0.2) is 29.3 Å². The Kier molecular flexibility index (Phi) is 9.19. The van der Waals surface area contributed by atoms with Crippen molar-refractivity contribution >= 4 is 35.0 Å². The van der Waals surface area contributed by atoms with E-state index in [-0.39, 0.29) is 18.2 Å². The lowest BCUT2D eigenvalue weighted by molar-refractivity contribution is -0.141. The molecular weight excluding hydrogens is 419 g/mol. The van der Waals surface area contributed by atoms with Gasteiger partial charge in [-0.2, -0.15) is 0 Å². The molecule has 2 rings (SSSR count). The Balaban J connectivity index is 2.27. The first-order valence-electron chi connectivity index (χ1n) is 10.3. The minimum Gasteiger partial charge on any atom is -0.354 e. The Morgan fingerprint density at radius 3 is 2.20 bits per heavy atom. The van der Waals surface area contributed by atoms with Crippen LogP contribution in [0.4, 0.5) is 0 Å². The third-order valence-electron chi connectivity index (χ3n) is 4.88. The fourth-order valence-electron chi connectivity index (χ4n) is 3.16. The fourth-order valence-corrected chi connectivity index (χ4v) is 3.48. The van der Waals surface area contributed by atoms with Crippen LogP contribution in [0, 0.1) is 12.8 Å². The first kappa shape index (κ1) is 24.2. The number of nitrogens with zero attached hydrogens (tertiary/aromatic N) is 1. The molecule has 0 heterocycles. The normalized spacial score (nSPS) is 12.0. The SMILES string of the molecule is CC[C@@H](C(=O)NCC(C)C)N(Cc1ccc(C)cc1)C(=O)Cc1ccc(Cl)c(Cl)c1. The molecule has 0 radical (unpaired) electrons. The highest BCUT2D eigenvalue weighted by Gasteiger charge is 2.28. The molecule has 2 aromatic carbocycles. The zero-order chi connectivity index (χ0) is 22.3. The number of nitrogens with one attached hydrogen (secondary N) is 1. The summed E-state index contributed by atoms with van der Waals surface area (Å²) in [7, 11) is 0. The topological polar surface area (TPSA) is 49.4 Å². The summed E-state index contributed by atoms with van der Waals surface area (Å²) in [5, 5.41) is 3.83. The predicted octanol–water partition coefficient (Wildman–Crippen LogP) is 5.42. The number of hydrogen-bond donors (Lipinski definition) is 1. The largest absolute Gasteiger partial charge is 0.354 e. The molecule has 1 N–H and O–H groups in total. The van der Waals surface area contributed by atoms with E-state index in [1.165, 1.54) is 0 Å². The van der Waals surface area contributed by atoms with E-state index in [4.69, 9.17) is 23.2 Å². The van der Waals surface area contributed by atoms with E-state index < -0.39 is 6.04 Å². The van der Waals surface area contributed by atoms with Gasteiger partial charge in [0, 0.05) is 13.1 Å². The van der Waals surface area contributed by atoms with Gasteiger partial charge >= 0.3 is 0 Å². The molecule has 1 atom stereocenters. The molecule has 0 aliphatic rings. The van der Waals surface area contributed by atoms with Crippen LogP contribution in [0.25, 0.3) is 0 Å². The molecule has 0 bridgehead atoms. The second kappa shape index (κ2) is 11.4. The van der Waals surface area contributed by atoms with E-state index in [9.17, 15) is 9.59 Å².